The summed E-state index contributed by atoms with van der Waals surface area (Å²) in [5.74, 6) is 2.36. The van der Waals surface area contributed by atoms with E-state index < -0.39 is 0 Å². The quantitative estimate of drug-likeness (QED) is 0.453. The first-order chi connectivity index (χ1) is 14.8. The first kappa shape index (κ1) is 17.9. The minimum atomic E-state index is -0.216. The monoisotopic (exact) mass is 394 g/mol. The number of benzene rings is 2. The zero-order valence-corrected chi connectivity index (χ0v) is 16.2. The normalized spacial score (nSPS) is 12.0. The fraction of sp³-hybridized carbons (Fsp3) is 0.0870. The Morgan fingerprint density at radius 2 is 1.63 bits per heavy atom. The van der Waals surface area contributed by atoms with Crippen LogP contribution in [0.5, 0.6) is 0 Å². The van der Waals surface area contributed by atoms with E-state index in [2.05, 4.69) is 25.4 Å². The van der Waals surface area contributed by atoms with E-state index in [1.165, 1.54) is 0 Å². The number of rotatable bonds is 5. The van der Waals surface area contributed by atoms with Gasteiger partial charge in [0.2, 0.25) is 0 Å². The van der Waals surface area contributed by atoms with Gasteiger partial charge in [-0.25, -0.2) is 9.97 Å². The van der Waals surface area contributed by atoms with Crippen molar-refractivity contribution in [2.24, 2.45) is 0 Å². The third-order valence-corrected chi connectivity index (χ3v) is 4.73. The second kappa shape index (κ2) is 7.71. The molecule has 7 nitrogen and oxygen atoms in total. The number of nitrogens with zero attached hydrogens (tertiary/aromatic N) is 5. The molecule has 0 aliphatic carbocycles. The first-order valence-corrected chi connectivity index (χ1v) is 9.61. The molecular weight excluding hydrogens is 376 g/mol. The molecule has 0 spiro atoms. The van der Waals surface area contributed by atoms with Crippen molar-refractivity contribution in [1.82, 2.24) is 25.1 Å². The molecular formula is C23H18N6O. The Kier molecular flexibility index (Phi) is 4.61. The van der Waals surface area contributed by atoms with Crippen LogP contribution in [0.4, 0.5) is 5.82 Å². The molecule has 0 saturated carbocycles. The van der Waals surface area contributed by atoms with E-state index >= 15 is 0 Å². The van der Waals surface area contributed by atoms with Gasteiger partial charge in [-0.1, -0.05) is 35.5 Å². The Labute approximate surface area is 172 Å². The molecule has 5 aromatic rings. The maximum atomic E-state index is 5.45. The summed E-state index contributed by atoms with van der Waals surface area (Å²) < 4.78 is 5.45. The lowest BCUT2D eigenvalue weighted by molar-refractivity contribution is 0.420. The highest BCUT2D eigenvalue weighted by atomic mass is 16.5. The highest BCUT2D eigenvalue weighted by Crippen LogP contribution is 2.27. The number of nitrogens with one attached hydrogen (secondary N) is 1. The second-order valence-corrected chi connectivity index (χ2v) is 6.84. The number of hydrogen-bond acceptors (Lipinski definition) is 7. The number of fused-ring (bicyclic) bond motifs is 1. The van der Waals surface area contributed by atoms with Crippen LogP contribution in [0.1, 0.15) is 18.8 Å². The summed E-state index contributed by atoms with van der Waals surface area (Å²) in [6, 6.07) is 21.2. The average Bonchev–Trinajstić information content (AvgIpc) is 3.31. The van der Waals surface area contributed by atoms with Crippen molar-refractivity contribution in [3.05, 3.63) is 84.9 Å². The predicted molar refractivity (Wildman–Crippen MR) is 115 cm³/mol. The molecule has 0 bridgehead atoms. The highest BCUT2D eigenvalue weighted by Gasteiger charge is 2.17. The van der Waals surface area contributed by atoms with E-state index in [0.717, 1.165) is 22.0 Å². The fourth-order valence-corrected chi connectivity index (χ4v) is 3.19. The van der Waals surface area contributed by atoms with Gasteiger partial charge in [-0.3, -0.25) is 4.98 Å². The van der Waals surface area contributed by atoms with Gasteiger partial charge < -0.3 is 9.84 Å². The van der Waals surface area contributed by atoms with Crippen LogP contribution in [-0.2, 0) is 0 Å². The molecule has 3 heterocycles. The zero-order valence-electron chi connectivity index (χ0n) is 16.2. The van der Waals surface area contributed by atoms with Gasteiger partial charge in [-0.15, -0.1) is 0 Å². The molecule has 0 amide bonds. The molecule has 1 atom stereocenters. The molecule has 0 aliphatic rings. The molecule has 0 saturated heterocycles. The highest BCUT2D eigenvalue weighted by molar-refractivity contribution is 5.90. The molecule has 0 aliphatic heterocycles. The molecule has 5 rings (SSSR count). The third-order valence-electron chi connectivity index (χ3n) is 4.73. The minimum Gasteiger partial charge on any atom is -0.360 e. The van der Waals surface area contributed by atoms with E-state index in [1.807, 2.05) is 73.7 Å². The van der Waals surface area contributed by atoms with Gasteiger partial charge in [0, 0.05) is 28.9 Å². The van der Waals surface area contributed by atoms with E-state index in [0.29, 0.717) is 23.4 Å². The van der Waals surface area contributed by atoms with E-state index in [1.54, 1.807) is 12.4 Å². The largest absolute Gasteiger partial charge is 0.360 e. The maximum Gasteiger partial charge on any atom is 0.257 e. The lowest BCUT2D eigenvalue weighted by Crippen LogP contribution is -2.11. The van der Waals surface area contributed by atoms with Crippen LogP contribution in [0.25, 0.3) is 33.7 Å². The summed E-state index contributed by atoms with van der Waals surface area (Å²) in [4.78, 5) is 18.2. The minimum absolute atomic E-state index is 0.216. The summed E-state index contributed by atoms with van der Waals surface area (Å²) in [5, 5.41) is 8.49. The van der Waals surface area contributed by atoms with Gasteiger partial charge >= 0.3 is 0 Å². The molecule has 0 fully saturated rings. The predicted octanol–water partition coefficient (Wildman–Crippen LogP) is 4.91. The van der Waals surface area contributed by atoms with Crippen molar-refractivity contribution < 1.29 is 4.52 Å². The summed E-state index contributed by atoms with van der Waals surface area (Å²) in [6.45, 7) is 1.97. The van der Waals surface area contributed by atoms with Crippen LogP contribution in [0, 0.1) is 0 Å². The van der Waals surface area contributed by atoms with E-state index in [9.17, 15) is 0 Å². The molecule has 3 aromatic heterocycles. The smallest absolute Gasteiger partial charge is 0.257 e. The lowest BCUT2D eigenvalue weighted by atomic mass is 10.2. The Bertz CT molecular complexity index is 1290. The van der Waals surface area contributed by atoms with Crippen LogP contribution in [-0.4, -0.2) is 25.1 Å². The van der Waals surface area contributed by atoms with Crippen LogP contribution in [0.3, 0.4) is 0 Å². The van der Waals surface area contributed by atoms with E-state index in [-0.39, 0.29) is 6.04 Å². The van der Waals surface area contributed by atoms with Crippen LogP contribution >= 0.6 is 0 Å². The summed E-state index contributed by atoms with van der Waals surface area (Å²) in [6.07, 6.45) is 3.48. The number of aromatic nitrogens is 5. The topological polar surface area (TPSA) is 89.6 Å². The van der Waals surface area contributed by atoms with Gasteiger partial charge in [-0.05, 0) is 43.3 Å². The van der Waals surface area contributed by atoms with Crippen molar-refractivity contribution in [1.29, 1.82) is 0 Å². The molecule has 146 valence electrons. The summed E-state index contributed by atoms with van der Waals surface area (Å²) in [7, 11) is 0. The van der Waals surface area contributed by atoms with Gasteiger partial charge in [0.25, 0.3) is 5.89 Å². The van der Waals surface area contributed by atoms with Gasteiger partial charge in [0.15, 0.2) is 11.6 Å². The van der Waals surface area contributed by atoms with Crippen LogP contribution in [0.15, 0.2) is 83.6 Å². The zero-order chi connectivity index (χ0) is 20.3. The van der Waals surface area contributed by atoms with Gasteiger partial charge in [-0.2, -0.15) is 4.98 Å². The SMILES string of the molecule is CC(Nc1nc(-c2cccnc2)nc2ccccc12)c1noc(-c2ccccc2)n1. The Hall–Kier alpha value is -4.13. The number of anilines is 1. The molecule has 7 heteroatoms. The average molecular weight is 394 g/mol. The van der Waals surface area contributed by atoms with Crippen molar-refractivity contribution in [3.8, 4) is 22.8 Å². The maximum absolute atomic E-state index is 5.45. The second-order valence-electron chi connectivity index (χ2n) is 6.84. The summed E-state index contributed by atoms with van der Waals surface area (Å²) >= 11 is 0. The van der Waals surface area contributed by atoms with Crippen molar-refractivity contribution in [3.63, 3.8) is 0 Å². The lowest BCUT2D eigenvalue weighted by Gasteiger charge is -2.14. The Morgan fingerprint density at radius 3 is 2.47 bits per heavy atom. The molecule has 0 radical (unpaired) electrons. The Balaban J connectivity index is 1.50. The third kappa shape index (κ3) is 3.48. The van der Waals surface area contributed by atoms with E-state index in [4.69, 9.17) is 9.51 Å². The van der Waals surface area contributed by atoms with Crippen LogP contribution in [0.2, 0.25) is 0 Å². The van der Waals surface area contributed by atoms with Crippen LogP contribution < -0.4 is 5.32 Å². The standard InChI is InChI=1S/C23H18N6O/c1-15(20-28-23(30-29-20)16-8-3-2-4-9-16)25-22-18-11-5-6-12-19(18)26-21(27-22)17-10-7-13-24-14-17/h2-15H,1H3,(H,25,26,27). The van der Waals surface area contributed by atoms with Crippen molar-refractivity contribution in [2.45, 2.75) is 13.0 Å². The van der Waals surface area contributed by atoms with Gasteiger partial charge in [0.05, 0.1) is 11.6 Å². The van der Waals surface area contributed by atoms with Crippen molar-refractivity contribution in [2.75, 3.05) is 5.32 Å². The summed E-state index contributed by atoms with van der Waals surface area (Å²) in [5.41, 5.74) is 2.58. The Morgan fingerprint density at radius 1 is 0.833 bits per heavy atom. The number of para-hydroxylation sites is 1. The molecule has 1 unspecified atom stereocenters. The molecule has 30 heavy (non-hydrogen) atoms. The number of hydrogen-bond donors (Lipinski definition) is 1. The van der Waals surface area contributed by atoms with Gasteiger partial charge in [0.1, 0.15) is 5.82 Å². The van der Waals surface area contributed by atoms with Crippen molar-refractivity contribution >= 4 is 16.7 Å². The first-order valence-electron chi connectivity index (χ1n) is 9.61. The molecule has 1 N–H and O–H groups in total. The number of pyridine rings is 1. The fourth-order valence-electron chi connectivity index (χ4n) is 3.19. The molecule has 2 aromatic carbocycles.